The third-order valence-corrected chi connectivity index (χ3v) is 4.56. The number of fused-ring (bicyclic) bond motifs is 1. The zero-order valence-electron chi connectivity index (χ0n) is 12.3. The maximum atomic E-state index is 5.43. The van der Waals surface area contributed by atoms with Crippen molar-refractivity contribution < 1.29 is 4.74 Å². The minimum absolute atomic E-state index is 0.374. The lowest BCUT2D eigenvalue weighted by Crippen LogP contribution is -2.18. The van der Waals surface area contributed by atoms with E-state index in [-0.39, 0.29) is 0 Å². The molecule has 2 fully saturated rings. The summed E-state index contributed by atoms with van der Waals surface area (Å²) in [4.78, 5) is 11.8. The normalized spacial score (nSPS) is 23.1. The summed E-state index contributed by atoms with van der Waals surface area (Å²) in [6.45, 7) is 5.11. The van der Waals surface area contributed by atoms with Crippen molar-refractivity contribution in [1.29, 1.82) is 0 Å². The first-order valence-electron chi connectivity index (χ1n) is 7.94. The highest BCUT2D eigenvalue weighted by atomic mass is 16.5. The fourth-order valence-electron chi connectivity index (χ4n) is 3.33. The molecule has 1 aromatic carbocycles. The molecule has 0 amide bonds. The molecule has 3 heterocycles. The van der Waals surface area contributed by atoms with E-state index in [2.05, 4.69) is 28.1 Å². The van der Waals surface area contributed by atoms with Gasteiger partial charge in [-0.3, -0.25) is 4.90 Å². The van der Waals surface area contributed by atoms with Crippen molar-refractivity contribution in [3.63, 3.8) is 0 Å². The Kier molecular flexibility index (Phi) is 3.57. The molecule has 21 heavy (non-hydrogen) atoms. The lowest BCUT2D eigenvalue weighted by molar-refractivity contribution is 0.193. The molecule has 1 aromatic heterocycles. The lowest BCUT2D eigenvalue weighted by atomic mass is 10.1. The van der Waals surface area contributed by atoms with E-state index in [1.165, 1.54) is 31.5 Å². The van der Waals surface area contributed by atoms with Crippen LogP contribution in [0.5, 0.6) is 0 Å². The summed E-state index contributed by atoms with van der Waals surface area (Å²) in [6, 6.07) is 6.59. The van der Waals surface area contributed by atoms with Gasteiger partial charge in [-0.2, -0.15) is 0 Å². The van der Waals surface area contributed by atoms with Crippen LogP contribution >= 0.6 is 0 Å². The van der Waals surface area contributed by atoms with Crippen LogP contribution in [0.15, 0.2) is 24.4 Å². The summed E-state index contributed by atoms with van der Waals surface area (Å²) in [6.07, 6.45) is 5.69. The van der Waals surface area contributed by atoms with Gasteiger partial charge < -0.3 is 4.74 Å². The van der Waals surface area contributed by atoms with E-state index >= 15 is 0 Å². The monoisotopic (exact) mass is 283 g/mol. The number of hydrogen-bond acceptors (Lipinski definition) is 4. The van der Waals surface area contributed by atoms with Gasteiger partial charge in [0.1, 0.15) is 5.82 Å². The van der Waals surface area contributed by atoms with Crippen LogP contribution in [0.4, 0.5) is 0 Å². The van der Waals surface area contributed by atoms with Crippen LogP contribution in [-0.2, 0) is 11.3 Å². The van der Waals surface area contributed by atoms with Gasteiger partial charge in [0, 0.05) is 30.7 Å². The van der Waals surface area contributed by atoms with E-state index in [0.29, 0.717) is 5.92 Å². The van der Waals surface area contributed by atoms with Crippen LogP contribution in [0.3, 0.4) is 0 Å². The second-order valence-electron chi connectivity index (χ2n) is 6.17. The third kappa shape index (κ3) is 2.78. The predicted molar refractivity (Wildman–Crippen MR) is 82.2 cm³/mol. The Bertz CT molecular complexity index is 631. The van der Waals surface area contributed by atoms with Crippen molar-refractivity contribution in [1.82, 2.24) is 14.9 Å². The maximum Gasteiger partial charge on any atom is 0.134 e. The molecule has 4 rings (SSSR count). The predicted octanol–water partition coefficient (Wildman–Crippen LogP) is 2.73. The standard InChI is InChI=1S/C17H21N3O/c1-2-7-20(6-1)11-13-3-4-16-15(9-13)10-18-17(19-16)14-5-8-21-12-14/h3-4,9-10,14H,1-2,5-8,11-12H2. The van der Waals surface area contributed by atoms with Gasteiger partial charge in [0.25, 0.3) is 0 Å². The SMILES string of the molecule is c1cc2nc(C3CCOC3)ncc2cc1CN1CCCC1. The molecule has 1 atom stereocenters. The minimum atomic E-state index is 0.374. The molecule has 110 valence electrons. The van der Waals surface area contributed by atoms with Gasteiger partial charge in [-0.05, 0) is 50.0 Å². The van der Waals surface area contributed by atoms with Gasteiger partial charge >= 0.3 is 0 Å². The second-order valence-corrected chi connectivity index (χ2v) is 6.17. The molecule has 0 saturated carbocycles. The van der Waals surface area contributed by atoms with Crippen LogP contribution in [-0.4, -0.2) is 41.2 Å². The van der Waals surface area contributed by atoms with Crippen molar-refractivity contribution in [3.05, 3.63) is 35.8 Å². The van der Waals surface area contributed by atoms with Crippen molar-refractivity contribution in [2.75, 3.05) is 26.3 Å². The molecule has 0 N–H and O–H groups in total. The summed E-state index contributed by atoms with van der Waals surface area (Å²) in [5.74, 6) is 1.31. The summed E-state index contributed by atoms with van der Waals surface area (Å²) in [5, 5.41) is 1.15. The summed E-state index contributed by atoms with van der Waals surface area (Å²) >= 11 is 0. The smallest absolute Gasteiger partial charge is 0.134 e. The largest absolute Gasteiger partial charge is 0.381 e. The quantitative estimate of drug-likeness (QED) is 0.868. The molecule has 4 heteroatoms. The van der Waals surface area contributed by atoms with Crippen molar-refractivity contribution in [2.45, 2.75) is 31.7 Å². The van der Waals surface area contributed by atoms with Crippen LogP contribution in [0.1, 0.15) is 36.6 Å². The Morgan fingerprint density at radius 3 is 2.95 bits per heavy atom. The Morgan fingerprint density at radius 2 is 2.14 bits per heavy atom. The maximum absolute atomic E-state index is 5.43. The summed E-state index contributed by atoms with van der Waals surface area (Å²) in [7, 11) is 0. The van der Waals surface area contributed by atoms with Crippen molar-refractivity contribution in [2.24, 2.45) is 0 Å². The van der Waals surface area contributed by atoms with Crippen LogP contribution < -0.4 is 0 Å². The van der Waals surface area contributed by atoms with Crippen LogP contribution in [0.25, 0.3) is 10.9 Å². The van der Waals surface area contributed by atoms with Gasteiger partial charge in [0.05, 0.1) is 12.1 Å². The lowest BCUT2D eigenvalue weighted by Gasteiger charge is -2.15. The first kappa shape index (κ1) is 13.2. The van der Waals surface area contributed by atoms with Crippen molar-refractivity contribution in [3.8, 4) is 0 Å². The Balaban J connectivity index is 1.58. The Hall–Kier alpha value is -1.52. The molecule has 0 spiro atoms. The van der Waals surface area contributed by atoms with Gasteiger partial charge in [0.15, 0.2) is 0 Å². The van der Waals surface area contributed by atoms with Crippen molar-refractivity contribution >= 4 is 10.9 Å². The third-order valence-electron chi connectivity index (χ3n) is 4.56. The molecular weight excluding hydrogens is 262 g/mol. The number of rotatable bonds is 3. The highest BCUT2D eigenvalue weighted by Crippen LogP contribution is 2.24. The van der Waals surface area contributed by atoms with Crippen LogP contribution in [0, 0.1) is 0 Å². The zero-order chi connectivity index (χ0) is 14.1. The van der Waals surface area contributed by atoms with E-state index in [4.69, 9.17) is 9.72 Å². The number of hydrogen-bond donors (Lipinski definition) is 0. The molecule has 0 radical (unpaired) electrons. The van der Waals surface area contributed by atoms with Gasteiger partial charge in [-0.25, -0.2) is 9.97 Å². The minimum Gasteiger partial charge on any atom is -0.381 e. The highest BCUT2D eigenvalue weighted by molar-refractivity contribution is 5.78. The summed E-state index contributed by atoms with van der Waals surface area (Å²) < 4.78 is 5.43. The Labute approximate surface area is 125 Å². The summed E-state index contributed by atoms with van der Waals surface area (Å²) in [5.41, 5.74) is 2.42. The molecular formula is C17H21N3O. The Morgan fingerprint density at radius 1 is 1.24 bits per heavy atom. The first-order chi connectivity index (χ1) is 10.4. The molecule has 2 aromatic rings. The van der Waals surface area contributed by atoms with Gasteiger partial charge in [0.2, 0.25) is 0 Å². The fourth-order valence-corrected chi connectivity index (χ4v) is 3.33. The molecule has 1 unspecified atom stereocenters. The van der Waals surface area contributed by atoms with Gasteiger partial charge in [-0.1, -0.05) is 6.07 Å². The second kappa shape index (κ2) is 5.70. The number of ether oxygens (including phenoxy) is 1. The van der Waals surface area contributed by atoms with E-state index < -0.39 is 0 Å². The molecule has 0 bridgehead atoms. The molecule has 2 saturated heterocycles. The molecule has 2 aliphatic heterocycles. The zero-order valence-corrected chi connectivity index (χ0v) is 12.3. The molecule has 4 nitrogen and oxygen atoms in total. The number of benzene rings is 1. The molecule has 0 aliphatic carbocycles. The first-order valence-corrected chi connectivity index (χ1v) is 7.94. The van der Waals surface area contributed by atoms with Gasteiger partial charge in [-0.15, -0.1) is 0 Å². The van der Waals surface area contributed by atoms with E-state index in [1.807, 2.05) is 6.20 Å². The van der Waals surface area contributed by atoms with E-state index in [9.17, 15) is 0 Å². The topological polar surface area (TPSA) is 38.3 Å². The molecule has 2 aliphatic rings. The number of likely N-dealkylation sites (tertiary alicyclic amines) is 1. The van der Waals surface area contributed by atoms with E-state index in [0.717, 1.165) is 42.9 Å². The van der Waals surface area contributed by atoms with E-state index in [1.54, 1.807) is 0 Å². The fraction of sp³-hybridized carbons (Fsp3) is 0.529. The number of nitrogens with zero attached hydrogens (tertiary/aromatic N) is 3. The van der Waals surface area contributed by atoms with Crippen LogP contribution in [0.2, 0.25) is 0 Å². The highest BCUT2D eigenvalue weighted by Gasteiger charge is 2.20. The average molecular weight is 283 g/mol. The number of aromatic nitrogens is 2. The average Bonchev–Trinajstić information content (AvgIpc) is 3.20.